The Morgan fingerprint density at radius 2 is 1.95 bits per heavy atom. The van der Waals surface area contributed by atoms with Crippen molar-refractivity contribution in [3.63, 3.8) is 0 Å². The van der Waals surface area contributed by atoms with E-state index in [-0.39, 0.29) is 11.7 Å². The van der Waals surface area contributed by atoms with Gasteiger partial charge in [0, 0.05) is 18.2 Å². The number of amides is 2. The minimum atomic E-state index is -4.39. The molecule has 1 rings (SSSR count). The summed E-state index contributed by atoms with van der Waals surface area (Å²) < 4.78 is 37.1. The number of anilines is 1. The van der Waals surface area contributed by atoms with Crippen LogP contribution in [0, 0.1) is 12.3 Å². The number of hydrogen-bond acceptors (Lipinski definition) is 1. The smallest absolute Gasteiger partial charge is 0.334 e. The summed E-state index contributed by atoms with van der Waals surface area (Å²) in [5.41, 5.74) is -0.478. The third kappa shape index (κ3) is 4.84. The molecule has 0 fully saturated rings. The molecular weight excluding hydrogens is 269 g/mol. The zero-order valence-electron chi connectivity index (χ0n) is 10.9. The summed E-state index contributed by atoms with van der Waals surface area (Å²) in [5.74, 6) is 2.44. The highest BCUT2D eigenvalue weighted by atomic mass is 19.4. The van der Waals surface area contributed by atoms with Crippen molar-refractivity contribution in [2.24, 2.45) is 0 Å². The number of nitrogens with one attached hydrogen (secondary N) is 2. The second-order valence-electron chi connectivity index (χ2n) is 4.19. The molecule has 0 spiro atoms. The van der Waals surface area contributed by atoms with Crippen molar-refractivity contribution in [2.45, 2.75) is 32.0 Å². The van der Waals surface area contributed by atoms with E-state index in [4.69, 9.17) is 6.42 Å². The molecule has 1 unspecified atom stereocenters. The van der Waals surface area contributed by atoms with Crippen molar-refractivity contribution in [1.29, 1.82) is 0 Å². The molecule has 0 aliphatic heterocycles. The van der Waals surface area contributed by atoms with E-state index in [1.165, 1.54) is 12.1 Å². The predicted molar refractivity (Wildman–Crippen MR) is 71.1 cm³/mol. The molecule has 1 atom stereocenters. The zero-order chi connectivity index (χ0) is 15.2. The van der Waals surface area contributed by atoms with Crippen LogP contribution in [-0.2, 0) is 6.18 Å². The van der Waals surface area contributed by atoms with Crippen LogP contribution in [-0.4, -0.2) is 12.1 Å². The molecule has 0 heterocycles. The summed E-state index contributed by atoms with van der Waals surface area (Å²) in [6.45, 7) is 1.88. The maximum atomic E-state index is 12.4. The van der Waals surface area contributed by atoms with E-state index in [2.05, 4.69) is 16.6 Å². The van der Waals surface area contributed by atoms with E-state index < -0.39 is 17.8 Å². The highest BCUT2D eigenvalue weighted by molar-refractivity contribution is 5.89. The van der Waals surface area contributed by atoms with E-state index in [9.17, 15) is 18.0 Å². The summed E-state index contributed by atoms with van der Waals surface area (Å²) in [7, 11) is 0. The van der Waals surface area contributed by atoms with Crippen LogP contribution in [0.4, 0.5) is 23.7 Å². The highest BCUT2D eigenvalue weighted by Crippen LogP contribution is 2.29. The van der Waals surface area contributed by atoms with Gasteiger partial charge in [-0.15, -0.1) is 12.3 Å². The number of rotatable bonds is 4. The lowest BCUT2D eigenvalue weighted by molar-refractivity contribution is -0.137. The molecule has 20 heavy (non-hydrogen) atoms. The van der Waals surface area contributed by atoms with Crippen LogP contribution in [0.15, 0.2) is 24.3 Å². The van der Waals surface area contributed by atoms with Crippen LogP contribution in [0.1, 0.15) is 25.3 Å². The van der Waals surface area contributed by atoms with Gasteiger partial charge in [-0.3, -0.25) is 0 Å². The summed E-state index contributed by atoms with van der Waals surface area (Å²) in [5, 5.41) is 5.10. The zero-order valence-corrected chi connectivity index (χ0v) is 10.9. The molecule has 0 radical (unpaired) electrons. The lowest BCUT2D eigenvalue weighted by Gasteiger charge is -2.15. The molecule has 0 aliphatic rings. The van der Waals surface area contributed by atoms with Crippen molar-refractivity contribution in [2.75, 3.05) is 5.32 Å². The first-order chi connectivity index (χ1) is 9.36. The Bertz CT molecular complexity index is 489. The SMILES string of the molecule is C#CCC(CC)NC(=O)Nc1ccc(C(F)(F)F)cc1. The van der Waals surface area contributed by atoms with Crippen molar-refractivity contribution in [3.05, 3.63) is 29.8 Å². The van der Waals surface area contributed by atoms with Crippen LogP contribution in [0.3, 0.4) is 0 Å². The van der Waals surface area contributed by atoms with Crippen molar-refractivity contribution >= 4 is 11.7 Å². The third-order valence-electron chi connectivity index (χ3n) is 2.66. The van der Waals surface area contributed by atoms with Gasteiger partial charge in [0.2, 0.25) is 0 Å². The van der Waals surface area contributed by atoms with Crippen LogP contribution < -0.4 is 10.6 Å². The summed E-state index contributed by atoms with van der Waals surface area (Å²) >= 11 is 0. The number of urea groups is 1. The molecule has 3 nitrogen and oxygen atoms in total. The monoisotopic (exact) mass is 284 g/mol. The molecule has 108 valence electrons. The summed E-state index contributed by atoms with van der Waals surface area (Å²) in [6, 6.07) is 3.57. The molecule has 0 aromatic heterocycles. The van der Waals surface area contributed by atoms with E-state index in [1.54, 1.807) is 0 Å². The Hall–Kier alpha value is -2.16. The molecule has 0 aliphatic carbocycles. The molecule has 1 aromatic carbocycles. The first-order valence-electron chi connectivity index (χ1n) is 6.05. The summed E-state index contributed by atoms with van der Waals surface area (Å²) in [4.78, 5) is 11.6. The largest absolute Gasteiger partial charge is 0.416 e. The number of terminal acetylenes is 1. The topological polar surface area (TPSA) is 41.1 Å². The Labute approximate surface area is 115 Å². The van der Waals surface area contributed by atoms with Gasteiger partial charge in [-0.25, -0.2) is 4.79 Å². The maximum Gasteiger partial charge on any atom is 0.416 e. The second-order valence-corrected chi connectivity index (χ2v) is 4.19. The van der Waals surface area contributed by atoms with Gasteiger partial charge in [-0.05, 0) is 30.7 Å². The van der Waals surface area contributed by atoms with Gasteiger partial charge in [0.15, 0.2) is 0 Å². The molecule has 0 saturated heterocycles. The fourth-order valence-corrected chi connectivity index (χ4v) is 1.53. The number of carbonyl (C=O) groups excluding carboxylic acids is 1. The molecule has 2 N–H and O–H groups in total. The van der Waals surface area contributed by atoms with Crippen molar-refractivity contribution in [1.82, 2.24) is 5.32 Å². The highest BCUT2D eigenvalue weighted by Gasteiger charge is 2.29. The third-order valence-corrected chi connectivity index (χ3v) is 2.66. The Morgan fingerprint density at radius 3 is 2.40 bits per heavy atom. The number of alkyl halides is 3. The number of benzene rings is 1. The molecule has 2 amide bonds. The average Bonchev–Trinajstić information content (AvgIpc) is 2.37. The molecule has 6 heteroatoms. The fourth-order valence-electron chi connectivity index (χ4n) is 1.53. The fraction of sp³-hybridized carbons (Fsp3) is 0.357. The van der Waals surface area contributed by atoms with Gasteiger partial charge in [0.1, 0.15) is 0 Å². The summed E-state index contributed by atoms with van der Waals surface area (Å²) in [6.07, 6.45) is 1.85. The normalized spacial score (nSPS) is 12.3. The van der Waals surface area contributed by atoms with Crippen LogP contribution in [0.25, 0.3) is 0 Å². The predicted octanol–water partition coefficient (Wildman–Crippen LogP) is 3.63. The first kappa shape index (κ1) is 15.9. The first-order valence-corrected chi connectivity index (χ1v) is 6.05. The van der Waals surface area contributed by atoms with Gasteiger partial charge in [-0.2, -0.15) is 13.2 Å². The molecular formula is C14H15F3N2O. The lowest BCUT2D eigenvalue weighted by Crippen LogP contribution is -2.37. The molecule has 0 saturated carbocycles. The van der Waals surface area contributed by atoms with E-state index in [0.29, 0.717) is 12.8 Å². The number of halogens is 3. The van der Waals surface area contributed by atoms with Crippen LogP contribution in [0.5, 0.6) is 0 Å². The Balaban J connectivity index is 2.61. The molecule has 1 aromatic rings. The van der Waals surface area contributed by atoms with E-state index in [0.717, 1.165) is 12.1 Å². The van der Waals surface area contributed by atoms with Gasteiger partial charge in [0.25, 0.3) is 0 Å². The van der Waals surface area contributed by atoms with Crippen LogP contribution in [0.2, 0.25) is 0 Å². The molecule has 0 bridgehead atoms. The van der Waals surface area contributed by atoms with E-state index in [1.807, 2.05) is 6.92 Å². The standard InChI is InChI=1S/C14H15F3N2O/c1-3-5-11(4-2)18-13(20)19-12-8-6-10(7-9-12)14(15,16)17/h1,6-9,11H,4-5H2,2H3,(H2,18,19,20). The number of carbonyl (C=O) groups is 1. The van der Waals surface area contributed by atoms with Gasteiger partial charge >= 0.3 is 12.2 Å². The number of hydrogen-bond donors (Lipinski definition) is 2. The second kappa shape index (κ2) is 6.85. The Morgan fingerprint density at radius 1 is 1.35 bits per heavy atom. The van der Waals surface area contributed by atoms with Crippen LogP contribution >= 0.6 is 0 Å². The van der Waals surface area contributed by atoms with Gasteiger partial charge in [-0.1, -0.05) is 6.92 Å². The van der Waals surface area contributed by atoms with Crippen molar-refractivity contribution < 1.29 is 18.0 Å². The minimum Gasteiger partial charge on any atom is -0.334 e. The Kier molecular flexibility index (Phi) is 5.44. The average molecular weight is 284 g/mol. The van der Waals surface area contributed by atoms with E-state index >= 15 is 0 Å². The maximum absolute atomic E-state index is 12.4. The van der Waals surface area contributed by atoms with Crippen molar-refractivity contribution in [3.8, 4) is 12.3 Å². The quantitative estimate of drug-likeness (QED) is 0.814. The minimum absolute atomic E-state index is 0.158. The van der Waals surface area contributed by atoms with Gasteiger partial charge < -0.3 is 10.6 Å². The van der Waals surface area contributed by atoms with Gasteiger partial charge in [0.05, 0.1) is 5.56 Å². The lowest BCUT2D eigenvalue weighted by atomic mass is 10.1.